The summed E-state index contributed by atoms with van der Waals surface area (Å²) in [7, 11) is 0. The van der Waals surface area contributed by atoms with Gasteiger partial charge in [0.2, 0.25) is 0 Å². The third kappa shape index (κ3) is 1.80. The highest BCUT2D eigenvalue weighted by Gasteiger charge is 2.30. The van der Waals surface area contributed by atoms with E-state index in [1.54, 1.807) is 18.4 Å². The lowest BCUT2D eigenvalue weighted by Crippen LogP contribution is -2.06. The molecule has 17 heavy (non-hydrogen) atoms. The minimum absolute atomic E-state index is 0.197. The summed E-state index contributed by atoms with van der Waals surface area (Å²) in [4.78, 5) is 19.4. The van der Waals surface area contributed by atoms with Crippen LogP contribution in [0.5, 0.6) is 0 Å². The molecule has 0 atom stereocenters. The van der Waals surface area contributed by atoms with E-state index in [-0.39, 0.29) is 11.5 Å². The molecule has 86 valence electrons. The molecule has 1 aliphatic rings. The molecule has 2 aromatic rings. The molecule has 2 heterocycles. The van der Waals surface area contributed by atoms with Gasteiger partial charge < -0.3 is 9.52 Å². The van der Waals surface area contributed by atoms with E-state index in [0.717, 1.165) is 12.8 Å². The summed E-state index contributed by atoms with van der Waals surface area (Å²) < 4.78 is 5.20. The van der Waals surface area contributed by atoms with E-state index < -0.39 is 5.97 Å². The Kier molecular flexibility index (Phi) is 2.18. The van der Waals surface area contributed by atoms with Crippen LogP contribution >= 0.6 is 0 Å². The Bertz CT molecular complexity index is 559. The third-order valence-electron chi connectivity index (χ3n) is 2.75. The molecule has 0 bridgehead atoms. The maximum Gasteiger partial charge on any atom is 0.339 e. The second kappa shape index (κ2) is 3.69. The predicted molar refractivity (Wildman–Crippen MR) is 58.7 cm³/mol. The molecule has 3 rings (SSSR count). The number of nitrogens with zero attached hydrogens (tertiary/aromatic N) is 2. The number of aromatic carboxylic acids is 1. The SMILES string of the molecule is O=C(O)c1cnc(-c2ccco2)nc1C1CC1. The number of carboxylic acid groups (broad SMARTS) is 1. The maximum atomic E-state index is 11.0. The highest BCUT2D eigenvalue weighted by atomic mass is 16.4. The molecule has 0 aromatic carbocycles. The van der Waals surface area contributed by atoms with E-state index >= 15 is 0 Å². The van der Waals surface area contributed by atoms with Crippen LogP contribution in [-0.2, 0) is 0 Å². The molecular formula is C12H10N2O3. The maximum absolute atomic E-state index is 11.0. The van der Waals surface area contributed by atoms with Gasteiger partial charge in [0.15, 0.2) is 11.6 Å². The largest absolute Gasteiger partial charge is 0.478 e. The normalized spacial score (nSPS) is 14.8. The van der Waals surface area contributed by atoms with Gasteiger partial charge in [0.25, 0.3) is 0 Å². The summed E-state index contributed by atoms with van der Waals surface area (Å²) in [5.41, 5.74) is 0.821. The summed E-state index contributed by atoms with van der Waals surface area (Å²) in [6, 6.07) is 3.51. The van der Waals surface area contributed by atoms with Gasteiger partial charge in [-0.2, -0.15) is 0 Å². The summed E-state index contributed by atoms with van der Waals surface area (Å²) in [6.45, 7) is 0. The van der Waals surface area contributed by atoms with Gasteiger partial charge in [-0.3, -0.25) is 0 Å². The Morgan fingerprint density at radius 3 is 2.88 bits per heavy atom. The lowest BCUT2D eigenvalue weighted by atomic mass is 10.1. The van der Waals surface area contributed by atoms with E-state index in [1.165, 1.54) is 6.20 Å². The number of rotatable bonds is 3. The molecule has 0 saturated heterocycles. The quantitative estimate of drug-likeness (QED) is 0.875. The zero-order chi connectivity index (χ0) is 11.8. The average molecular weight is 230 g/mol. The van der Waals surface area contributed by atoms with Crippen LogP contribution in [0.4, 0.5) is 0 Å². The molecule has 1 fully saturated rings. The fourth-order valence-electron chi connectivity index (χ4n) is 1.75. The van der Waals surface area contributed by atoms with Crippen molar-refractivity contribution >= 4 is 5.97 Å². The van der Waals surface area contributed by atoms with Crippen LogP contribution in [0, 0.1) is 0 Å². The Labute approximate surface area is 97.1 Å². The monoisotopic (exact) mass is 230 g/mol. The Morgan fingerprint density at radius 1 is 1.47 bits per heavy atom. The van der Waals surface area contributed by atoms with E-state index in [2.05, 4.69) is 9.97 Å². The van der Waals surface area contributed by atoms with Crippen molar-refractivity contribution in [3.05, 3.63) is 35.9 Å². The smallest absolute Gasteiger partial charge is 0.339 e. The van der Waals surface area contributed by atoms with E-state index in [0.29, 0.717) is 17.3 Å². The molecule has 1 N–H and O–H groups in total. The Balaban J connectivity index is 2.09. The van der Waals surface area contributed by atoms with Crippen LogP contribution in [0.1, 0.15) is 34.8 Å². The second-order valence-electron chi connectivity index (χ2n) is 4.05. The van der Waals surface area contributed by atoms with Gasteiger partial charge in [0.05, 0.1) is 17.5 Å². The first-order chi connectivity index (χ1) is 8.25. The number of hydrogen-bond acceptors (Lipinski definition) is 4. The highest BCUT2D eigenvalue weighted by Crippen LogP contribution is 2.40. The van der Waals surface area contributed by atoms with Gasteiger partial charge >= 0.3 is 5.97 Å². The van der Waals surface area contributed by atoms with Gasteiger partial charge in [-0.05, 0) is 25.0 Å². The molecule has 1 saturated carbocycles. The first kappa shape index (κ1) is 10.0. The molecule has 0 unspecified atom stereocenters. The minimum Gasteiger partial charge on any atom is -0.478 e. The van der Waals surface area contributed by atoms with E-state index in [9.17, 15) is 4.79 Å². The van der Waals surface area contributed by atoms with Crippen molar-refractivity contribution in [2.24, 2.45) is 0 Å². The molecule has 2 aromatic heterocycles. The average Bonchev–Trinajstić information content (AvgIpc) is 3.03. The zero-order valence-corrected chi connectivity index (χ0v) is 8.96. The van der Waals surface area contributed by atoms with Crippen molar-refractivity contribution in [2.45, 2.75) is 18.8 Å². The number of furan rings is 1. The van der Waals surface area contributed by atoms with Gasteiger partial charge in [-0.25, -0.2) is 14.8 Å². The summed E-state index contributed by atoms with van der Waals surface area (Å²) in [5, 5.41) is 9.06. The van der Waals surface area contributed by atoms with Crippen molar-refractivity contribution in [3.63, 3.8) is 0 Å². The van der Waals surface area contributed by atoms with Crippen LogP contribution in [-0.4, -0.2) is 21.0 Å². The summed E-state index contributed by atoms with van der Waals surface area (Å²) >= 11 is 0. The van der Waals surface area contributed by atoms with Crippen molar-refractivity contribution in [2.75, 3.05) is 0 Å². The summed E-state index contributed by atoms with van der Waals surface area (Å²) in [5.74, 6) is 0.293. The number of aromatic nitrogens is 2. The zero-order valence-electron chi connectivity index (χ0n) is 8.96. The van der Waals surface area contributed by atoms with Gasteiger partial charge in [0.1, 0.15) is 0 Å². The molecular weight excluding hydrogens is 220 g/mol. The second-order valence-corrected chi connectivity index (χ2v) is 4.05. The third-order valence-corrected chi connectivity index (χ3v) is 2.75. The van der Waals surface area contributed by atoms with Crippen LogP contribution < -0.4 is 0 Å². The fourth-order valence-corrected chi connectivity index (χ4v) is 1.75. The highest BCUT2D eigenvalue weighted by molar-refractivity contribution is 5.89. The molecule has 1 aliphatic carbocycles. The van der Waals surface area contributed by atoms with Crippen molar-refractivity contribution in [1.82, 2.24) is 9.97 Å². The van der Waals surface area contributed by atoms with Gasteiger partial charge in [-0.15, -0.1) is 0 Å². The minimum atomic E-state index is -0.974. The lowest BCUT2D eigenvalue weighted by molar-refractivity contribution is 0.0694. The number of hydrogen-bond donors (Lipinski definition) is 1. The van der Waals surface area contributed by atoms with Gasteiger partial charge in [-0.1, -0.05) is 0 Å². The van der Waals surface area contributed by atoms with E-state index in [1.807, 2.05) is 0 Å². The van der Waals surface area contributed by atoms with Crippen LogP contribution in [0.2, 0.25) is 0 Å². The van der Waals surface area contributed by atoms with Gasteiger partial charge in [0, 0.05) is 12.1 Å². The molecule has 5 nitrogen and oxygen atoms in total. The Morgan fingerprint density at radius 2 is 2.29 bits per heavy atom. The van der Waals surface area contributed by atoms with Crippen molar-refractivity contribution in [3.8, 4) is 11.6 Å². The van der Waals surface area contributed by atoms with E-state index in [4.69, 9.17) is 9.52 Å². The molecule has 0 aliphatic heterocycles. The van der Waals surface area contributed by atoms with Crippen molar-refractivity contribution in [1.29, 1.82) is 0 Å². The van der Waals surface area contributed by atoms with Crippen molar-refractivity contribution < 1.29 is 14.3 Å². The van der Waals surface area contributed by atoms with Crippen LogP contribution in [0.25, 0.3) is 11.6 Å². The van der Waals surface area contributed by atoms with Crippen LogP contribution in [0.15, 0.2) is 29.0 Å². The molecule has 0 spiro atoms. The topological polar surface area (TPSA) is 76.2 Å². The first-order valence-corrected chi connectivity index (χ1v) is 5.40. The first-order valence-electron chi connectivity index (χ1n) is 5.40. The summed E-state index contributed by atoms with van der Waals surface area (Å²) in [6.07, 6.45) is 4.89. The number of carbonyl (C=O) groups is 1. The van der Waals surface area contributed by atoms with Crippen LogP contribution in [0.3, 0.4) is 0 Å². The molecule has 0 radical (unpaired) electrons. The Hall–Kier alpha value is -2.17. The molecule has 5 heteroatoms. The number of carboxylic acids is 1. The predicted octanol–water partition coefficient (Wildman–Crippen LogP) is 2.31. The lowest BCUT2D eigenvalue weighted by Gasteiger charge is -2.04. The standard InChI is InChI=1S/C12H10N2O3/c15-12(16)8-6-13-11(9-2-1-5-17-9)14-10(8)7-3-4-7/h1-2,5-7H,3-4H2,(H,15,16). The fraction of sp³-hybridized carbons (Fsp3) is 0.250. The molecule has 0 amide bonds.